The number of carbonyl (C=O) groups excluding carboxylic acids is 1. The Morgan fingerprint density at radius 1 is 1.30 bits per heavy atom. The van der Waals surface area contributed by atoms with E-state index in [0.29, 0.717) is 11.8 Å². The van der Waals surface area contributed by atoms with E-state index in [0.717, 1.165) is 37.3 Å². The van der Waals surface area contributed by atoms with Crippen molar-refractivity contribution in [3.05, 3.63) is 48.5 Å². The highest BCUT2D eigenvalue weighted by Gasteiger charge is 2.19. The van der Waals surface area contributed by atoms with Crippen molar-refractivity contribution in [2.45, 2.75) is 18.9 Å². The third kappa shape index (κ3) is 3.84. The molecule has 0 radical (unpaired) electrons. The number of nitrogens with one attached hydrogen (secondary N) is 1. The zero-order chi connectivity index (χ0) is 16.1. The van der Waals surface area contributed by atoms with Crippen molar-refractivity contribution in [3.8, 4) is 0 Å². The molecule has 1 atom stereocenters. The molecule has 0 saturated carbocycles. The fraction of sp³-hybridized carbons (Fsp3) is 0.353. The van der Waals surface area contributed by atoms with Crippen molar-refractivity contribution in [2.24, 2.45) is 0 Å². The van der Waals surface area contributed by atoms with Gasteiger partial charge in [0, 0.05) is 44.0 Å². The van der Waals surface area contributed by atoms with E-state index in [1.54, 1.807) is 7.11 Å². The van der Waals surface area contributed by atoms with Crippen LogP contribution in [-0.4, -0.2) is 42.2 Å². The Balaban J connectivity index is 1.64. The molecule has 3 rings (SSSR count). The van der Waals surface area contributed by atoms with Crippen LogP contribution in [0.2, 0.25) is 0 Å². The van der Waals surface area contributed by atoms with Crippen molar-refractivity contribution >= 4 is 17.3 Å². The number of aromatic nitrogens is 2. The maximum Gasteiger partial charge on any atom is 0.275 e. The van der Waals surface area contributed by atoms with Crippen LogP contribution in [0.5, 0.6) is 0 Å². The number of piperidine rings is 1. The highest BCUT2D eigenvalue weighted by atomic mass is 16.5. The summed E-state index contributed by atoms with van der Waals surface area (Å²) in [6, 6.07) is 7.84. The summed E-state index contributed by atoms with van der Waals surface area (Å²) in [5, 5.41) is 2.82. The van der Waals surface area contributed by atoms with Crippen LogP contribution in [0.15, 0.2) is 42.9 Å². The zero-order valence-corrected chi connectivity index (χ0v) is 13.1. The second-order valence-corrected chi connectivity index (χ2v) is 5.54. The van der Waals surface area contributed by atoms with Gasteiger partial charge in [-0.2, -0.15) is 0 Å². The summed E-state index contributed by atoms with van der Waals surface area (Å²) in [6.45, 7) is 1.94. The number of amides is 1. The highest BCUT2D eigenvalue weighted by molar-refractivity contribution is 6.02. The number of anilines is 2. The number of hydrogen-bond donors (Lipinski definition) is 1. The number of benzene rings is 1. The van der Waals surface area contributed by atoms with E-state index < -0.39 is 0 Å². The SMILES string of the molecule is COC1CCCN(c2ccc(NC(=O)c3cnccn3)cc2)C1. The molecule has 0 aliphatic carbocycles. The number of ether oxygens (including phenoxy) is 1. The van der Waals surface area contributed by atoms with Crippen molar-refractivity contribution in [1.82, 2.24) is 9.97 Å². The number of methoxy groups -OCH3 is 1. The van der Waals surface area contributed by atoms with Crippen LogP contribution in [0.25, 0.3) is 0 Å². The fourth-order valence-electron chi connectivity index (χ4n) is 2.73. The second-order valence-electron chi connectivity index (χ2n) is 5.54. The number of rotatable bonds is 4. The highest BCUT2D eigenvalue weighted by Crippen LogP contribution is 2.23. The van der Waals surface area contributed by atoms with Crippen LogP contribution in [-0.2, 0) is 4.74 Å². The van der Waals surface area contributed by atoms with Crippen LogP contribution >= 0.6 is 0 Å². The summed E-state index contributed by atoms with van der Waals surface area (Å²) in [5.41, 5.74) is 2.18. The van der Waals surface area contributed by atoms with E-state index in [2.05, 4.69) is 20.2 Å². The Morgan fingerprint density at radius 2 is 2.13 bits per heavy atom. The van der Waals surface area contributed by atoms with Gasteiger partial charge in [0.15, 0.2) is 0 Å². The first kappa shape index (κ1) is 15.4. The lowest BCUT2D eigenvalue weighted by Gasteiger charge is -2.33. The molecule has 23 heavy (non-hydrogen) atoms. The first-order valence-corrected chi connectivity index (χ1v) is 7.71. The van der Waals surface area contributed by atoms with E-state index in [9.17, 15) is 4.79 Å². The minimum absolute atomic E-state index is 0.261. The van der Waals surface area contributed by atoms with Gasteiger partial charge >= 0.3 is 0 Å². The van der Waals surface area contributed by atoms with Crippen LogP contribution in [0, 0.1) is 0 Å². The zero-order valence-electron chi connectivity index (χ0n) is 13.1. The molecule has 0 spiro atoms. The maximum atomic E-state index is 12.0. The largest absolute Gasteiger partial charge is 0.380 e. The first-order chi connectivity index (χ1) is 11.3. The Bertz CT molecular complexity index is 645. The molecule has 2 heterocycles. The number of carbonyl (C=O) groups is 1. The molecule has 1 unspecified atom stereocenters. The molecule has 1 aliphatic rings. The van der Waals surface area contributed by atoms with Crippen LogP contribution in [0.1, 0.15) is 23.3 Å². The third-order valence-corrected chi connectivity index (χ3v) is 4.00. The summed E-state index contributed by atoms with van der Waals surface area (Å²) in [7, 11) is 1.76. The first-order valence-electron chi connectivity index (χ1n) is 7.71. The van der Waals surface area contributed by atoms with Crippen LogP contribution < -0.4 is 10.2 Å². The molecule has 6 nitrogen and oxygen atoms in total. The standard InChI is InChI=1S/C17H20N4O2/c1-23-15-3-2-10-21(12-15)14-6-4-13(5-7-14)20-17(22)16-11-18-8-9-19-16/h4-9,11,15H,2-3,10,12H2,1H3,(H,20,22). The van der Waals surface area contributed by atoms with E-state index in [1.165, 1.54) is 18.6 Å². The van der Waals surface area contributed by atoms with Gasteiger partial charge in [-0.15, -0.1) is 0 Å². The topological polar surface area (TPSA) is 67.3 Å². The summed E-state index contributed by atoms with van der Waals surface area (Å²) < 4.78 is 5.46. The third-order valence-electron chi connectivity index (χ3n) is 4.00. The lowest BCUT2D eigenvalue weighted by molar-refractivity contribution is 0.0893. The van der Waals surface area contributed by atoms with Gasteiger partial charge in [0.1, 0.15) is 5.69 Å². The molecule has 2 aromatic rings. The Kier molecular flexibility index (Phi) is 4.83. The van der Waals surface area contributed by atoms with Gasteiger partial charge in [-0.1, -0.05) is 0 Å². The summed E-state index contributed by atoms with van der Waals surface area (Å²) >= 11 is 0. The van der Waals surface area contributed by atoms with Gasteiger partial charge in [0.05, 0.1) is 12.3 Å². The molecule has 0 bridgehead atoms. The smallest absolute Gasteiger partial charge is 0.275 e. The van der Waals surface area contributed by atoms with Gasteiger partial charge < -0.3 is 15.0 Å². The fourth-order valence-corrected chi connectivity index (χ4v) is 2.73. The van der Waals surface area contributed by atoms with Crippen LogP contribution in [0.4, 0.5) is 11.4 Å². The monoisotopic (exact) mass is 312 g/mol. The van der Waals surface area contributed by atoms with E-state index in [1.807, 2.05) is 24.3 Å². The molecule has 1 amide bonds. The average Bonchev–Trinajstić information content (AvgIpc) is 2.63. The molecule has 120 valence electrons. The number of hydrogen-bond acceptors (Lipinski definition) is 5. The van der Waals surface area contributed by atoms with Gasteiger partial charge in [-0.3, -0.25) is 9.78 Å². The van der Waals surface area contributed by atoms with Crippen molar-refractivity contribution in [1.29, 1.82) is 0 Å². The predicted molar refractivity (Wildman–Crippen MR) is 88.7 cm³/mol. The van der Waals surface area contributed by atoms with Crippen molar-refractivity contribution in [3.63, 3.8) is 0 Å². The Hall–Kier alpha value is -2.47. The molecule has 1 N–H and O–H groups in total. The molecule has 1 saturated heterocycles. The van der Waals surface area contributed by atoms with E-state index >= 15 is 0 Å². The van der Waals surface area contributed by atoms with Crippen LogP contribution in [0.3, 0.4) is 0 Å². The lowest BCUT2D eigenvalue weighted by Crippen LogP contribution is -2.39. The Morgan fingerprint density at radius 3 is 2.83 bits per heavy atom. The summed E-state index contributed by atoms with van der Waals surface area (Å²) in [6.07, 6.45) is 7.02. The molecular formula is C17H20N4O2. The van der Waals surface area contributed by atoms with Gasteiger partial charge in [-0.25, -0.2) is 4.98 Å². The Labute approximate surface area is 135 Å². The van der Waals surface area contributed by atoms with E-state index in [4.69, 9.17) is 4.74 Å². The van der Waals surface area contributed by atoms with Crippen molar-refractivity contribution in [2.75, 3.05) is 30.4 Å². The van der Waals surface area contributed by atoms with E-state index in [-0.39, 0.29) is 5.91 Å². The lowest BCUT2D eigenvalue weighted by atomic mass is 10.1. The molecule has 1 aromatic heterocycles. The number of nitrogens with zero attached hydrogens (tertiary/aromatic N) is 3. The molecule has 1 aliphatic heterocycles. The summed E-state index contributed by atoms with van der Waals surface area (Å²) in [4.78, 5) is 22.2. The average molecular weight is 312 g/mol. The van der Waals surface area contributed by atoms with Crippen molar-refractivity contribution < 1.29 is 9.53 Å². The quantitative estimate of drug-likeness (QED) is 0.938. The normalized spacial score (nSPS) is 17.8. The summed E-state index contributed by atoms with van der Waals surface area (Å²) in [5.74, 6) is -0.261. The molecule has 1 fully saturated rings. The predicted octanol–water partition coefficient (Wildman–Crippen LogP) is 2.34. The minimum atomic E-state index is -0.261. The molecule has 1 aromatic carbocycles. The van der Waals surface area contributed by atoms with Gasteiger partial charge in [0.2, 0.25) is 0 Å². The molecular weight excluding hydrogens is 292 g/mol. The van der Waals surface area contributed by atoms with Gasteiger partial charge in [-0.05, 0) is 37.1 Å². The maximum absolute atomic E-state index is 12.0. The second kappa shape index (κ2) is 7.19. The van der Waals surface area contributed by atoms with Gasteiger partial charge in [0.25, 0.3) is 5.91 Å². The molecule has 6 heteroatoms. The minimum Gasteiger partial charge on any atom is -0.380 e.